The Bertz CT molecular complexity index is 441. The highest BCUT2D eigenvalue weighted by atomic mass is 19.1. The molecule has 0 heterocycles. The first kappa shape index (κ1) is 20.2. The third-order valence-corrected chi connectivity index (χ3v) is 2.75. The number of hydrogen-bond acceptors (Lipinski definition) is 0. The summed E-state index contributed by atoms with van der Waals surface area (Å²) >= 11 is 0. The molecule has 1 rings (SSSR count). The molecule has 0 aliphatic heterocycles. The van der Waals surface area contributed by atoms with E-state index in [2.05, 4.69) is 20.8 Å². The maximum absolute atomic E-state index is 13.2. The zero-order valence-electron chi connectivity index (χ0n) is 14.0. The molecule has 0 saturated carbocycles. The highest BCUT2D eigenvalue weighted by molar-refractivity contribution is 5.47. The summed E-state index contributed by atoms with van der Waals surface area (Å²) in [6.45, 7) is 16.4. The van der Waals surface area contributed by atoms with Gasteiger partial charge in [0.05, 0.1) is 0 Å². The molecule has 0 radical (unpaired) electrons. The Balaban J connectivity index is 0. The molecule has 0 unspecified atom stereocenters. The van der Waals surface area contributed by atoms with E-state index >= 15 is 0 Å². The summed E-state index contributed by atoms with van der Waals surface area (Å²) in [6, 6.07) is 5.02. The van der Waals surface area contributed by atoms with Crippen molar-refractivity contribution < 1.29 is 4.39 Å². The maximum Gasteiger partial charge on any atom is 0.123 e. The highest BCUT2D eigenvalue weighted by Crippen LogP contribution is 2.12. The van der Waals surface area contributed by atoms with Crippen molar-refractivity contribution in [1.29, 1.82) is 0 Å². The Labute approximate surface area is 119 Å². The minimum absolute atomic E-state index is 0.151. The SMILES string of the molecule is C/C=c1/ccc(F)c/c1=C(/CC)C(C)C.CC.CC. The smallest absolute Gasteiger partial charge is 0.123 e. The lowest BCUT2D eigenvalue weighted by atomic mass is 9.97. The first-order valence-corrected chi connectivity index (χ1v) is 7.55. The summed E-state index contributed by atoms with van der Waals surface area (Å²) in [6.07, 6.45) is 3.01. The molecule has 0 atom stereocenters. The van der Waals surface area contributed by atoms with Gasteiger partial charge >= 0.3 is 0 Å². The van der Waals surface area contributed by atoms with E-state index in [9.17, 15) is 4.39 Å². The molecule has 110 valence electrons. The number of rotatable bonds is 2. The van der Waals surface area contributed by atoms with Crippen LogP contribution in [0.25, 0.3) is 11.6 Å². The molecule has 0 aromatic heterocycles. The second kappa shape index (κ2) is 12.0. The Morgan fingerprint density at radius 3 is 2.05 bits per heavy atom. The molecule has 19 heavy (non-hydrogen) atoms. The van der Waals surface area contributed by atoms with Gasteiger partial charge < -0.3 is 0 Å². The molecular formula is C18H31F. The van der Waals surface area contributed by atoms with Gasteiger partial charge in [0.1, 0.15) is 5.82 Å². The first-order valence-electron chi connectivity index (χ1n) is 7.55. The van der Waals surface area contributed by atoms with Crippen molar-refractivity contribution in [2.24, 2.45) is 5.92 Å². The van der Waals surface area contributed by atoms with Crippen molar-refractivity contribution >= 4 is 11.6 Å². The summed E-state index contributed by atoms with van der Waals surface area (Å²) in [7, 11) is 0. The van der Waals surface area contributed by atoms with Gasteiger partial charge in [-0.1, -0.05) is 66.2 Å². The standard InChI is InChI=1S/C14H19F.2C2H6/c1-5-11-7-8-12(15)9-14(11)13(6-2)10(3)4;2*1-2/h5,7-10H,6H2,1-4H3;2*1-2H3/b11-5-,14-13+;;. The Morgan fingerprint density at radius 2 is 1.68 bits per heavy atom. The minimum Gasteiger partial charge on any atom is -0.207 e. The van der Waals surface area contributed by atoms with Crippen molar-refractivity contribution in [3.8, 4) is 0 Å². The summed E-state index contributed by atoms with van der Waals surface area (Å²) in [5, 5.41) is 2.19. The number of benzene rings is 1. The van der Waals surface area contributed by atoms with Crippen molar-refractivity contribution in [3.05, 3.63) is 34.5 Å². The van der Waals surface area contributed by atoms with E-state index in [0.29, 0.717) is 5.92 Å². The molecule has 1 aromatic carbocycles. The maximum atomic E-state index is 13.2. The van der Waals surface area contributed by atoms with E-state index < -0.39 is 0 Å². The first-order chi connectivity index (χ1) is 9.10. The topological polar surface area (TPSA) is 0 Å². The quantitative estimate of drug-likeness (QED) is 0.714. The molecule has 0 bridgehead atoms. The zero-order chi connectivity index (χ0) is 15.4. The summed E-state index contributed by atoms with van der Waals surface area (Å²) in [5.41, 5.74) is 1.32. The van der Waals surface area contributed by atoms with E-state index in [1.807, 2.05) is 46.8 Å². The van der Waals surface area contributed by atoms with Gasteiger partial charge in [0.15, 0.2) is 0 Å². The summed E-state index contributed by atoms with van der Waals surface area (Å²) in [5.74, 6) is 0.317. The third-order valence-electron chi connectivity index (χ3n) is 2.75. The van der Waals surface area contributed by atoms with Crippen LogP contribution in [0.3, 0.4) is 0 Å². The van der Waals surface area contributed by atoms with Crippen LogP contribution in [0.1, 0.15) is 61.8 Å². The lowest BCUT2D eigenvalue weighted by Gasteiger charge is -2.09. The van der Waals surface area contributed by atoms with Gasteiger partial charge in [-0.15, -0.1) is 0 Å². The van der Waals surface area contributed by atoms with Gasteiger partial charge in [-0.3, -0.25) is 0 Å². The van der Waals surface area contributed by atoms with Crippen molar-refractivity contribution in [3.63, 3.8) is 0 Å². The van der Waals surface area contributed by atoms with Crippen LogP contribution in [-0.4, -0.2) is 0 Å². The molecule has 0 nitrogen and oxygen atoms in total. The monoisotopic (exact) mass is 266 g/mol. The van der Waals surface area contributed by atoms with Gasteiger partial charge in [0, 0.05) is 0 Å². The minimum atomic E-state index is -0.151. The Morgan fingerprint density at radius 1 is 1.16 bits per heavy atom. The summed E-state index contributed by atoms with van der Waals surface area (Å²) < 4.78 is 13.2. The summed E-state index contributed by atoms with van der Waals surface area (Å²) in [4.78, 5) is 0. The molecule has 0 saturated heterocycles. The van der Waals surface area contributed by atoms with E-state index in [1.165, 1.54) is 11.6 Å². The molecular weight excluding hydrogens is 235 g/mol. The normalized spacial score (nSPS) is 12.2. The molecule has 0 fully saturated rings. The fraction of sp³-hybridized carbons (Fsp3) is 0.556. The van der Waals surface area contributed by atoms with Crippen LogP contribution in [0.2, 0.25) is 0 Å². The van der Waals surface area contributed by atoms with Gasteiger partial charge in [0.2, 0.25) is 0 Å². The van der Waals surface area contributed by atoms with Gasteiger partial charge in [0.25, 0.3) is 0 Å². The van der Waals surface area contributed by atoms with E-state index in [-0.39, 0.29) is 5.82 Å². The van der Waals surface area contributed by atoms with Crippen LogP contribution in [0, 0.1) is 11.7 Å². The fourth-order valence-corrected chi connectivity index (χ4v) is 1.97. The molecule has 0 aliphatic carbocycles. The second-order valence-electron chi connectivity index (χ2n) is 4.05. The van der Waals surface area contributed by atoms with E-state index in [4.69, 9.17) is 0 Å². The molecule has 0 spiro atoms. The number of halogens is 1. The van der Waals surface area contributed by atoms with Crippen LogP contribution in [-0.2, 0) is 0 Å². The number of hydrogen-bond donors (Lipinski definition) is 0. The van der Waals surface area contributed by atoms with E-state index in [0.717, 1.165) is 16.9 Å². The van der Waals surface area contributed by atoms with Crippen molar-refractivity contribution in [2.45, 2.75) is 61.8 Å². The highest BCUT2D eigenvalue weighted by Gasteiger charge is 2.03. The van der Waals surface area contributed by atoms with Crippen molar-refractivity contribution in [2.75, 3.05) is 0 Å². The Kier molecular flexibility index (Phi) is 12.7. The van der Waals surface area contributed by atoms with E-state index in [1.54, 1.807) is 6.07 Å². The van der Waals surface area contributed by atoms with Crippen LogP contribution in [0.5, 0.6) is 0 Å². The average Bonchev–Trinajstić information content (AvgIpc) is 2.44. The van der Waals surface area contributed by atoms with Gasteiger partial charge in [-0.2, -0.15) is 0 Å². The van der Waals surface area contributed by atoms with Crippen LogP contribution >= 0.6 is 0 Å². The van der Waals surface area contributed by atoms with Crippen LogP contribution in [0.4, 0.5) is 4.39 Å². The third kappa shape index (κ3) is 6.56. The molecule has 0 aliphatic rings. The predicted molar refractivity (Wildman–Crippen MR) is 87.0 cm³/mol. The molecule has 0 amide bonds. The Hall–Kier alpha value is -1.11. The fourth-order valence-electron chi connectivity index (χ4n) is 1.97. The van der Waals surface area contributed by atoms with Crippen LogP contribution < -0.4 is 10.4 Å². The van der Waals surface area contributed by atoms with Crippen molar-refractivity contribution in [1.82, 2.24) is 0 Å². The molecule has 0 N–H and O–H groups in total. The van der Waals surface area contributed by atoms with Crippen LogP contribution in [0.15, 0.2) is 18.2 Å². The molecule has 1 heteroatoms. The molecule has 1 aromatic rings. The zero-order valence-corrected chi connectivity index (χ0v) is 14.0. The van der Waals surface area contributed by atoms with Gasteiger partial charge in [-0.25, -0.2) is 4.39 Å². The lowest BCUT2D eigenvalue weighted by molar-refractivity contribution is 0.625. The average molecular weight is 266 g/mol. The lowest BCUT2D eigenvalue weighted by Crippen LogP contribution is -2.28. The largest absolute Gasteiger partial charge is 0.207 e. The van der Waals surface area contributed by atoms with Gasteiger partial charge in [-0.05, 0) is 41.8 Å². The predicted octanol–water partition coefficient (Wildman–Crippen LogP) is 4.90. The second-order valence-corrected chi connectivity index (χ2v) is 4.05.